The molecule has 2 aromatic heterocycles. The Bertz CT molecular complexity index is 865. The van der Waals surface area contributed by atoms with Crippen LogP contribution >= 0.6 is 0 Å². The first-order valence-electron chi connectivity index (χ1n) is 8.11. The SMILES string of the molecule is O=C(c1cccnc1)N1CCC(Nc2ccc3ccccc3n2)C1. The smallest absolute Gasteiger partial charge is 0.255 e. The average molecular weight is 318 g/mol. The minimum Gasteiger partial charge on any atom is -0.365 e. The molecule has 1 atom stereocenters. The third-order valence-electron chi connectivity index (χ3n) is 4.33. The maximum atomic E-state index is 12.5. The molecule has 1 amide bonds. The Morgan fingerprint density at radius 2 is 2.04 bits per heavy atom. The summed E-state index contributed by atoms with van der Waals surface area (Å²) >= 11 is 0. The van der Waals surface area contributed by atoms with Crippen molar-refractivity contribution < 1.29 is 4.79 Å². The van der Waals surface area contributed by atoms with Crippen LogP contribution in [-0.4, -0.2) is 39.9 Å². The molecular formula is C19H18N4O. The van der Waals surface area contributed by atoms with E-state index in [0.717, 1.165) is 29.7 Å². The van der Waals surface area contributed by atoms with Crippen molar-refractivity contribution in [1.29, 1.82) is 0 Å². The zero-order chi connectivity index (χ0) is 16.4. The van der Waals surface area contributed by atoms with Gasteiger partial charge in [-0.2, -0.15) is 0 Å². The van der Waals surface area contributed by atoms with Gasteiger partial charge in [0.1, 0.15) is 5.82 Å². The van der Waals surface area contributed by atoms with Crippen LogP contribution in [0.15, 0.2) is 60.9 Å². The molecule has 0 aliphatic carbocycles. The van der Waals surface area contributed by atoms with Gasteiger partial charge in [0.25, 0.3) is 5.91 Å². The monoisotopic (exact) mass is 318 g/mol. The number of nitrogens with zero attached hydrogens (tertiary/aromatic N) is 3. The van der Waals surface area contributed by atoms with E-state index in [9.17, 15) is 4.79 Å². The molecule has 120 valence electrons. The van der Waals surface area contributed by atoms with E-state index in [1.54, 1.807) is 24.5 Å². The van der Waals surface area contributed by atoms with Gasteiger partial charge in [0, 0.05) is 36.9 Å². The number of fused-ring (bicyclic) bond motifs is 1. The third-order valence-corrected chi connectivity index (χ3v) is 4.33. The molecule has 24 heavy (non-hydrogen) atoms. The summed E-state index contributed by atoms with van der Waals surface area (Å²) in [7, 11) is 0. The number of hydrogen-bond acceptors (Lipinski definition) is 4. The molecule has 3 aromatic rings. The fourth-order valence-corrected chi connectivity index (χ4v) is 3.09. The predicted molar refractivity (Wildman–Crippen MR) is 93.9 cm³/mol. The fourth-order valence-electron chi connectivity index (χ4n) is 3.09. The van der Waals surface area contributed by atoms with Gasteiger partial charge >= 0.3 is 0 Å². The highest BCUT2D eigenvalue weighted by atomic mass is 16.2. The summed E-state index contributed by atoms with van der Waals surface area (Å²) in [5, 5.41) is 4.58. The summed E-state index contributed by atoms with van der Waals surface area (Å²) < 4.78 is 0. The lowest BCUT2D eigenvalue weighted by Gasteiger charge is -2.17. The zero-order valence-electron chi connectivity index (χ0n) is 13.2. The number of amides is 1. The van der Waals surface area contributed by atoms with Crippen molar-refractivity contribution >= 4 is 22.6 Å². The molecule has 1 fully saturated rings. The van der Waals surface area contributed by atoms with E-state index in [1.807, 2.05) is 29.2 Å². The minimum absolute atomic E-state index is 0.0406. The quantitative estimate of drug-likeness (QED) is 0.806. The number of para-hydroxylation sites is 1. The number of likely N-dealkylation sites (tertiary alicyclic amines) is 1. The van der Waals surface area contributed by atoms with E-state index in [-0.39, 0.29) is 11.9 Å². The molecule has 1 aliphatic heterocycles. The van der Waals surface area contributed by atoms with Crippen molar-refractivity contribution in [1.82, 2.24) is 14.9 Å². The highest BCUT2D eigenvalue weighted by Gasteiger charge is 2.27. The summed E-state index contributed by atoms with van der Waals surface area (Å²) in [6.45, 7) is 1.43. The van der Waals surface area contributed by atoms with Gasteiger partial charge in [-0.3, -0.25) is 9.78 Å². The molecule has 0 spiro atoms. The van der Waals surface area contributed by atoms with Crippen molar-refractivity contribution in [3.8, 4) is 0 Å². The molecule has 0 bridgehead atoms. The molecule has 5 nitrogen and oxygen atoms in total. The maximum Gasteiger partial charge on any atom is 0.255 e. The summed E-state index contributed by atoms with van der Waals surface area (Å²) in [6, 6.07) is 15.9. The molecule has 1 N–H and O–H groups in total. The largest absolute Gasteiger partial charge is 0.365 e. The van der Waals surface area contributed by atoms with Gasteiger partial charge in [-0.15, -0.1) is 0 Å². The second-order valence-electron chi connectivity index (χ2n) is 6.01. The summed E-state index contributed by atoms with van der Waals surface area (Å²) in [6.07, 6.45) is 4.21. The predicted octanol–water partition coefficient (Wildman–Crippen LogP) is 2.96. The Morgan fingerprint density at radius 3 is 2.92 bits per heavy atom. The van der Waals surface area contributed by atoms with Crippen LogP contribution in [0.25, 0.3) is 10.9 Å². The van der Waals surface area contributed by atoms with Gasteiger partial charge in [-0.25, -0.2) is 4.98 Å². The van der Waals surface area contributed by atoms with Crippen molar-refractivity contribution in [3.05, 3.63) is 66.5 Å². The Kier molecular flexibility index (Phi) is 3.83. The van der Waals surface area contributed by atoms with Gasteiger partial charge in [0.05, 0.1) is 11.1 Å². The molecule has 4 rings (SSSR count). The van der Waals surface area contributed by atoms with E-state index in [0.29, 0.717) is 12.1 Å². The van der Waals surface area contributed by atoms with Crippen LogP contribution in [0.1, 0.15) is 16.8 Å². The lowest BCUT2D eigenvalue weighted by molar-refractivity contribution is 0.0791. The van der Waals surface area contributed by atoms with Crippen molar-refractivity contribution in [3.63, 3.8) is 0 Å². The summed E-state index contributed by atoms with van der Waals surface area (Å²) in [5.74, 6) is 0.897. The molecule has 1 unspecified atom stereocenters. The van der Waals surface area contributed by atoms with Gasteiger partial charge in [0.2, 0.25) is 0 Å². The molecule has 1 aliphatic rings. The van der Waals surface area contributed by atoms with E-state index < -0.39 is 0 Å². The van der Waals surface area contributed by atoms with Crippen molar-refractivity contribution in [2.45, 2.75) is 12.5 Å². The lowest BCUT2D eigenvalue weighted by atomic mass is 10.2. The summed E-state index contributed by atoms with van der Waals surface area (Å²) in [5.41, 5.74) is 1.62. The van der Waals surface area contributed by atoms with Gasteiger partial charge < -0.3 is 10.2 Å². The topological polar surface area (TPSA) is 58.1 Å². The fraction of sp³-hybridized carbons (Fsp3) is 0.211. The van der Waals surface area contributed by atoms with Crippen LogP contribution in [-0.2, 0) is 0 Å². The number of benzene rings is 1. The first-order chi connectivity index (χ1) is 11.8. The highest BCUT2D eigenvalue weighted by molar-refractivity contribution is 5.94. The minimum atomic E-state index is 0.0406. The van der Waals surface area contributed by atoms with Crippen LogP contribution in [0.2, 0.25) is 0 Å². The first kappa shape index (κ1) is 14.6. The number of aromatic nitrogens is 2. The van der Waals surface area contributed by atoms with E-state index >= 15 is 0 Å². The Balaban J connectivity index is 1.44. The number of carbonyl (C=O) groups is 1. The highest BCUT2D eigenvalue weighted by Crippen LogP contribution is 2.19. The molecule has 1 saturated heterocycles. The molecular weight excluding hydrogens is 300 g/mol. The summed E-state index contributed by atoms with van der Waals surface area (Å²) in [4.78, 5) is 23.0. The standard InChI is InChI=1S/C19H18N4O/c24-19(15-5-3-10-20-12-15)23-11-9-16(13-23)21-18-8-7-14-4-1-2-6-17(14)22-18/h1-8,10,12,16H,9,11,13H2,(H,21,22). The second kappa shape index (κ2) is 6.28. The molecule has 0 saturated carbocycles. The van der Waals surface area contributed by atoms with Crippen molar-refractivity contribution in [2.75, 3.05) is 18.4 Å². The van der Waals surface area contributed by atoms with E-state index in [4.69, 9.17) is 0 Å². The zero-order valence-corrected chi connectivity index (χ0v) is 13.2. The van der Waals surface area contributed by atoms with Gasteiger partial charge in [-0.05, 0) is 36.8 Å². The van der Waals surface area contributed by atoms with Crippen LogP contribution in [0.3, 0.4) is 0 Å². The Morgan fingerprint density at radius 1 is 1.12 bits per heavy atom. The van der Waals surface area contributed by atoms with Crippen LogP contribution < -0.4 is 5.32 Å². The van der Waals surface area contributed by atoms with Crippen molar-refractivity contribution in [2.24, 2.45) is 0 Å². The van der Waals surface area contributed by atoms with Crippen LogP contribution in [0.5, 0.6) is 0 Å². The lowest BCUT2D eigenvalue weighted by Crippen LogP contribution is -2.31. The third kappa shape index (κ3) is 2.93. The average Bonchev–Trinajstić information content (AvgIpc) is 3.10. The number of anilines is 1. The number of hydrogen-bond donors (Lipinski definition) is 1. The molecule has 0 radical (unpaired) electrons. The molecule has 5 heteroatoms. The molecule has 1 aromatic carbocycles. The Labute approximate surface area is 140 Å². The van der Waals surface area contributed by atoms with Gasteiger partial charge in [0.15, 0.2) is 0 Å². The molecule has 3 heterocycles. The normalized spacial score (nSPS) is 17.2. The maximum absolute atomic E-state index is 12.5. The second-order valence-corrected chi connectivity index (χ2v) is 6.01. The number of nitrogens with one attached hydrogen (secondary N) is 1. The van der Waals surface area contributed by atoms with E-state index in [2.05, 4.69) is 27.4 Å². The van der Waals surface area contributed by atoms with E-state index in [1.165, 1.54) is 0 Å². The number of pyridine rings is 2. The van der Waals surface area contributed by atoms with Gasteiger partial charge in [-0.1, -0.05) is 18.2 Å². The van der Waals surface area contributed by atoms with Crippen LogP contribution in [0.4, 0.5) is 5.82 Å². The Hall–Kier alpha value is -2.95. The number of carbonyl (C=O) groups excluding carboxylic acids is 1. The first-order valence-corrected chi connectivity index (χ1v) is 8.11. The number of rotatable bonds is 3. The van der Waals surface area contributed by atoms with Crippen LogP contribution in [0, 0.1) is 0 Å².